The predicted octanol–water partition coefficient (Wildman–Crippen LogP) is 1.04. The lowest BCUT2D eigenvalue weighted by Gasteiger charge is -2.38. The van der Waals surface area contributed by atoms with Crippen molar-refractivity contribution in [3.8, 4) is 0 Å². The van der Waals surface area contributed by atoms with Gasteiger partial charge in [0, 0.05) is 18.9 Å². The van der Waals surface area contributed by atoms with Crippen molar-refractivity contribution in [3.63, 3.8) is 0 Å². The van der Waals surface area contributed by atoms with E-state index in [1.165, 1.54) is 20.8 Å². The largest absolute Gasteiger partial charge is 0.508 e. The van der Waals surface area contributed by atoms with Gasteiger partial charge in [0.15, 0.2) is 5.60 Å². The quantitative estimate of drug-likeness (QED) is 0.184. The van der Waals surface area contributed by atoms with Crippen molar-refractivity contribution in [1.29, 1.82) is 0 Å². The summed E-state index contributed by atoms with van der Waals surface area (Å²) < 4.78 is 38.3. The predicted molar refractivity (Wildman–Crippen MR) is 106 cm³/mol. The van der Waals surface area contributed by atoms with Gasteiger partial charge in [-0.3, -0.25) is 8.98 Å². The van der Waals surface area contributed by atoms with Crippen molar-refractivity contribution in [2.75, 3.05) is 32.1 Å². The van der Waals surface area contributed by atoms with Crippen LogP contribution in [0.5, 0.6) is 0 Å². The second kappa shape index (κ2) is 12.7. The SMILES string of the molecule is CCOC(=O)OCCCC[C@](O)(C(=O)O)C(C)(C)COS(=O)(=O)CCCNC(C)=O. The normalized spacial score (nSPS) is 13.9. The molecule has 0 radical (unpaired) electrons. The van der Waals surface area contributed by atoms with E-state index in [-0.39, 0.29) is 57.1 Å². The molecular formula is C18H33NO10S. The molecular weight excluding hydrogens is 422 g/mol. The topological polar surface area (TPSA) is 166 Å². The monoisotopic (exact) mass is 455 g/mol. The van der Waals surface area contributed by atoms with Crippen LogP contribution in [0, 0.1) is 5.41 Å². The Morgan fingerprint density at radius 2 is 1.70 bits per heavy atom. The highest BCUT2D eigenvalue weighted by molar-refractivity contribution is 7.86. The number of carbonyl (C=O) groups excluding carboxylic acids is 2. The standard InChI is InChI=1S/C18H33NO10S/c1-5-27-16(23)28-11-7-6-9-18(24,15(21)22)17(3,4)13-29-30(25,26)12-8-10-19-14(2)20/h24H,5-13H2,1-4H3,(H,19,20)(H,21,22)/t18-/m0/s1. The molecule has 12 heteroatoms. The van der Waals surface area contributed by atoms with Crippen molar-refractivity contribution >= 4 is 28.1 Å². The molecule has 0 aliphatic heterocycles. The number of rotatable bonds is 15. The van der Waals surface area contributed by atoms with E-state index < -0.39 is 39.9 Å². The van der Waals surface area contributed by atoms with Crippen molar-refractivity contribution < 1.29 is 46.7 Å². The molecule has 0 saturated heterocycles. The molecule has 0 rings (SSSR count). The van der Waals surface area contributed by atoms with Crippen LogP contribution in [0.1, 0.15) is 53.4 Å². The molecule has 0 aromatic carbocycles. The second-order valence-electron chi connectivity index (χ2n) is 7.40. The van der Waals surface area contributed by atoms with Crippen LogP contribution < -0.4 is 5.32 Å². The number of aliphatic carboxylic acids is 1. The number of amides is 1. The molecule has 0 unspecified atom stereocenters. The second-order valence-corrected chi connectivity index (χ2v) is 9.16. The maximum atomic E-state index is 12.0. The van der Waals surface area contributed by atoms with Gasteiger partial charge in [-0.2, -0.15) is 8.42 Å². The van der Waals surface area contributed by atoms with E-state index in [9.17, 15) is 33.0 Å². The Balaban J connectivity index is 4.72. The van der Waals surface area contributed by atoms with Crippen molar-refractivity contribution in [2.45, 2.75) is 59.0 Å². The van der Waals surface area contributed by atoms with Gasteiger partial charge in [0.25, 0.3) is 10.1 Å². The molecule has 0 heterocycles. The first-order chi connectivity index (χ1) is 13.8. The lowest BCUT2D eigenvalue weighted by atomic mass is 9.72. The molecule has 0 aromatic rings. The third-order valence-corrected chi connectivity index (χ3v) is 5.70. The molecule has 1 atom stereocenters. The lowest BCUT2D eigenvalue weighted by Crippen LogP contribution is -2.53. The number of hydrogen-bond donors (Lipinski definition) is 3. The van der Waals surface area contributed by atoms with Gasteiger partial charge in [-0.1, -0.05) is 13.8 Å². The zero-order chi connectivity index (χ0) is 23.4. The van der Waals surface area contributed by atoms with Gasteiger partial charge in [0.2, 0.25) is 5.91 Å². The van der Waals surface area contributed by atoms with Gasteiger partial charge in [-0.15, -0.1) is 0 Å². The number of unbranched alkanes of at least 4 members (excludes halogenated alkanes) is 1. The summed E-state index contributed by atoms with van der Waals surface area (Å²) in [6.45, 7) is 5.50. The lowest BCUT2D eigenvalue weighted by molar-refractivity contribution is -0.177. The summed E-state index contributed by atoms with van der Waals surface area (Å²) in [5.74, 6) is -2.15. The van der Waals surface area contributed by atoms with Crippen molar-refractivity contribution in [3.05, 3.63) is 0 Å². The fourth-order valence-electron chi connectivity index (χ4n) is 2.46. The van der Waals surface area contributed by atoms with Gasteiger partial charge in [-0.25, -0.2) is 9.59 Å². The van der Waals surface area contributed by atoms with E-state index in [4.69, 9.17) is 8.92 Å². The van der Waals surface area contributed by atoms with Gasteiger partial charge in [-0.05, 0) is 32.6 Å². The highest BCUT2D eigenvalue weighted by atomic mass is 32.2. The number of aliphatic hydroxyl groups is 1. The zero-order valence-corrected chi connectivity index (χ0v) is 18.7. The molecule has 0 aliphatic carbocycles. The Labute approximate surface area is 177 Å². The minimum absolute atomic E-state index is 0.00581. The number of nitrogens with one attached hydrogen (secondary N) is 1. The fraction of sp³-hybridized carbons (Fsp3) is 0.833. The summed E-state index contributed by atoms with van der Waals surface area (Å²) in [6.07, 6.45) is -0.412. The smallest absolute Gasteiger partial charge is 0.479 e. The Bertz CT molecular complexity index is 676. The summed E-state index contributed by atoms with van der Waals surface area (Å²) in [4.78, 5) is 33.6. The summed E-state index contributed by atoms with van der Waals surface area (Å²) in [5, 5.41) is 22.7. The van der Waals surface area contributed by atoms with Gasteiger partial charge in [0.05, 0.1) is 25.6 Å². The number of ether oxygens (including phenoxy) is 2. The first-order valence-corrected chi connectivity index (χ1v) is 11.2. The molecule has 1 amide bonds. The average molecular weight is 456 g/mol. The Kier molecular flexibility index (Phi) is 11.9. The summed E-state index contributed by atoms with van der Waals surface area (Å²) in [5.41, 5.74) is -3.70. The third kappa shape index (κ3) is 10.2. The van der Waals surface area contributed by atoms with Crippen molar-refractivity contribution in [1.82, 2.24) is 5.32 Å². The molecule has 176 valence electrons. The maximum absolute atomic E-state index is 12.0. The van der Waals surface area contributed by atoms with E-state index in [0.717, 1.165) is 0 Å². The van der Waals surface area contributed by atoms with Crippen LogP contribution in [0.3, 0.4) is 0 Å². The highest BCUT2D eigenvalue weighted by Crippen LogP contribution is 2.36. The summed E-state index contributed by atoms with van der Waals surface area (Å²) >= 11 is 0. The first-order valence-electron chi connectivity index (χ1n) is 9.64. The maximum Gasteiger partial charge on any atom is 0.508 e. The fourth-order valence-corrected chi connectivity index (χ4v) is 3.55. The molecule has 3 N–H and O–H groups in total. The Morgan fingerprint density at radius 1 is 1.07 bits per heavy atom. The van der Waals surface area contributed by atoms with Crippen LogP contribution in [0.4, 0.5) is 4.79 Å². The average Bonchev–Trinajstić information content (AvgIpc) is 2.63. The Hall–Kier alpha value is -1.92. The van der Waals surface area contributed by atoms with E-state index in [2.05, 4.69) is 10.1 Å². The number of carboxylic acid groups (broad SMARTS) is 1. The summed E-state index contributed by atoms with van der Waals surface area (Å²) in [6, 6.07) is 0. The molecule has 0 bridgehead atoms. The highest BCUT2D eigenvalue weighted by Gasteiger charge is 2.50. The summed E-state index contributed by atoms with van der Waals surface area (Å²) in [7, 11) is -3.97. The molecule has 0 saturated carbocycles. The van der Waals surface area contributed by atoms with Crippen LogP contribution >= 0.6 is 0 Å². The van der Waals surface area contributed by atoms with E-state index in [1.807, 2.05) is 0 Å². The molecule has 0 fully saturated rings. The van der Waals surface area contributed by atoms with Gasteiger partial charge < -0.3 is 25.0 Å². The van der Waals surface area contributed by atoms with Crippen molar-refractivity contribution in [2.24, 2.45) is 5.41 Å². The number of hydrogen-bond acceptors (Lipinski definition) is 9. The Morgan fingerprint density at radius 3 is 2.23 bits per heavy atom. The molecule has 0 aromatic heterocycles. The molecule has 30 heavy (non-hydrogen) atoms. The van der Waals surface area contributed by atoms with E-state index >= 15 is 0 Å². The van der Waals surface area contributed by atoms with Crippen LogP contribution in [-0.4, -0.2) is 74.4 Å². The number of carboxylic acids is 1. The molecule has 0 spiro atoms. The third-order valence-electron chi connectivity index (χ3n) is 4.43. The zero-order valence-electron chi connectivity index (χ0n) is 17.9. The molecule has 0 aliphatic rings. The van der Waals surface area contributed by atoms with Gasteiger partial charge >= 0.3 is 12.1 Å². The van der Waals surface area contributed by atoms with Crippen LogP contribution in [-0.2, 0) is 33.4 Å². The number of carbonyl (C=O) groups is 3. The van der Waals surface area contributed by atoms with Gasteiger partial charge in [0.1, 0.15) is 0 Å². The first kappa shape index (κ1) is 28.1. The van der Waals surface area contributed by atoms with E-state index in [0.29, 0.717) is 0 Å². The molecule has 11 nitrogen and oxygen atoms in total. The van der Waals surface area contributed by atoms with E-state index in [1.54, 1.807) is 6.92 Å². The van der Waals surface area contributed by atoms with Crippen LogP contribution in [0.15, 0.2) is 0 Å². The minimum Gasteiger partial charge on any atom is -0.479 e. The van der Waals surface area contributed by atoms with Crippen LogP contribution in [0.25, 0.3) is 0 Å². The van der Waals surface area contributed by atoms with Crippen LogP contribution in [0.2, 0.25) is 0 Å². The minimum atomic E-state index is -3.97.